The summed E-state index contributed by atoms with van der Waals surface area (Å²) in [5.74, 6) is 0.887. The third-order valence-electron chi connectivity index (χ3n) is 3.70. The van der Waals surface area contributed by atoms with E-state index in [2.05, 4.69) is 10.3 Å². The molecule has 2 fully saturated rings. The summed E-state index contributed by atoms with van der Waals surface area (Å²) in [6.45, 7) is 0.519. The first-order chi connectivity index (χ1) is 9.40. The second-order valence-corrected chi connectivity index (χ2v) is 5.55. The van der Waals surface area contributed by atoms with Gasteiger partial charge in [0.2, 0.25) is 5.88 Å². The van der Waals surface area contributed by atoms with Crippen molar-refractivity contribution in [1.29, 1.82) is 0 Å². The van der Waals surface area contributed by atoms with Crippen molar-refractivity contribution in [2.75, 3.05) is 17.7 Å². The third-order valence-corrected chi connectivity index (χ3v) is 3.70. The molecule has 2 saturated carbocycles. The number of anilines is 2. The summed E-state index contributed by atoms with van der Waals surface area (Å²) < 4.78 is 44.1. The number of ether oxygens (including phenoxy) is 1. The summed E-state index contributed by atoms with van der Waals surface area (Å²) in [5.41, 5.74) is 4.24. The van der Waals surface area contributed by atoms with Crippen molar-refractivity contribution in [3.05, 3.63) is 12.1 Å². The van der Waals surface area contributed by atoms with Crippen LogP contribution in [0.5, 0.6) is 5.88 Å². The van der Waals surface area contributed by atoms with E-state index in [1.54, 1.807) is 0 Å². The zero-order valence-electron chi connectivity index (χ0n) is 10.8. The van der Waals surface area contributed by atoms with Crippen molar-refractivity contribution in [2.45, 2.75) is 37.4 Å². The Morgan fingerprint density at radius 2 is 2.05 bits per heavy atom. The average Bonchev–Trinajstić information content (AvgIpc) is 3.22. The molecule has 1 heterocycles. The van der Waals surface area contributed by atoms with Gasteiger partial charge in [0, 0.05) is 0 Å². The van der Waals surface area contributed by atoms with Gasteiger partial charge in [-0.1, -0.05) is 0 Å². The number of alkyl halides is 3. The normalized spacial score (nSPS) is 20.6. The molecule has 110 valence electrons. The van der Waals surface area contributed by atoms with Crippen molar-refractivity contribution in [3.63, 3.8) is 0 Å². The maximum absolute atomic E-state index is 12.9. The van der Waals surface area contributed by atoms with Gasteiger partial charge in [0.15, 0.2) is 0 Å². The number of rotatable bonds is 5. The van der Waals surface area contributed by atoms with Crippen LogP contribution in [0.2, 0.25) is 0 Å². The first-order valence-electron chi connectivity index (χ1n) is 6.64. The van der Waals surface area contributed by atoms with Gasteiger partial charge < -0.3 is 15.8 Å². The molecule has 1 aromatic rings. The number of hydrogen-bond donors (Lipinski definition) is 2. The van der Waals surface area contributed by atoms with E-state index >= 15 is 0 Å². The highest BCUT2D eigenvalue weighted by Gasteiger charge is 2.63. The number of nitrogen functional groups attached to an aromatic ring is 1. The standard InChI is InChI=1S/C13H16F3N3O/c14-13(15,16)12(5-6-12)19-10-4-3-9(17)11(18-10)20-7-8-1-2-8/h3-4,8H,1-2,5-7,17H2,(H,18,19). The molecule has 0 aliphatic heterocycles. The molecular weight excluding hydrogens is 271 g/mol. The quantitative estimate of drug-likeness (QED) is 0.874. The molecule has 0 bridgehead atoms. The number of pyridine rings is 1. The fourth-order valence-corrected chi connectivity index (χ4v) is 1.97. The molecule has 0 atom stereocenters. The van der Waals surface area contributed by atoms with Crippen LogP contribution >= 0.6 is 0 Å². The number of nitrogens with two attached hydrogens (primary N) is 1. The largest absolute Gasteiger partial charge is 0.476 e. The number of nitrogens with zero attached hydrogens (tertiary/aromatic N) is 1. The maximum atomic E-state index is 12.9. The van der Waals surface area contributed by atoms with Crippen LogP contribution in [-0.4, -0.2) is 23.3 Å². The smallest absolute Gasteiger partial charge is 0.411 e. The van der Waals surface area contributed by atoms with E-state index in [0.29, 0.717) is 18.2 Å². The number of aromatic nitrogens is 1. The summed E-state index contributed by atoms with van der Waals surface area (Å²) >= 11 is 0. The first-order valence-corrected chi connectivity index (χ1v) is 6.64. The van der Waals surface area contributed by atoms with E-state index in [1.165, 1.54) is 12.1 Å². The highest BCUT2D eigenvalue weighted by atomic mass is 19.4. The molecule has 7 heteroatoms. The zero-order chi connectivity index (χ0) is 14.4. The lowest BCUT2D eigenvalue weighted by Gasteiger charge is -2.21. The van der Waals surface area contributed by atoms with Crippen LogP contribution in [0.3, 0.4) is 0 Å². The van der Waals surface area contributed by atoms with Crippen molar-refractivity contribution in [1.82, 2.24) is 4.98 Å². The molecule has 3 rings (SSSR count). The van der Waals surface area contributed by atoms with Crippen LogP contribution < -0.4 is 15.8 Å². The van der Waals surface area contributed by atoms with E-state index in [9.17, 15) is 13.2 Å². The maximum Gasteiger partial charge on any atom is 0.411 e. The molecule has 4 nitrogen and oxygen atoms in total. The van der Waals surface area contributed by atoms with Crippen molar-refractivity contribution in [3.8, 4) is 5.88 Å². The van der Waals surface area contributed by atoms with Crippen LogP contribution in [0.4, 0.5) is 24.7 Å². The Kier molecular flexibility index (Phi) is 2.95. The van der Waals surface area contributed by atoms with Crippen LogP contribution in [0.1, 0.15) is 25.7 Å². The van der Waals surface area contributed by atoms with Crippen LogP contribution in [0.25, 0.3) is 0 Å². The number of nitrogens with one attached hydrogen (secondary N) is 1. The Balaban J connectivity index is 1.71. The first kappa shape index (κ1) is 13.3. The molecule has 0 spiro atoms. The molecule has 0 saturated heterocycles. The van der Waals surface area contributed by atoms with E-state index in [0.717, 1.165) is 12.8 Å². The lowest BCUT2D eigenvalue weighted by atomic mass is 10.2. The molecule has 2 aliphatic carbocycles. The van der Waals surface area contributed by atoms with Gasteiger partial charge in [0.25, 0.3) is 0 Å². The van der Waals surface area contributed by atoms with Gasteiger partial charge in [-0.15, -0.1) is 0 Å². The molecule has 0 aromatic carbocycles. The Morgan fingerprint density at radius 3 is 2.60 bits per heavy atom. The summed E-state index contributed by atoms with van der Waals surface area (Å²) in [5, 5.41) is 2.47. The Morgan fingerprint density at radius 1 is 1.35 bits per heavy atom. The topological polar surface area (TPSA) is 60.2 Å². The van der Waals surface area contributed by atoms with Gasteiger partial charge in [-0.2, -0.15) is 18.2 Å². The van der Waals surface area contributed by atoms with E-state index in [1.807, 2.05) is 0 Å². The Hall–Kier alpha value is -1.66. The molecule has 0 unspecified atom stereocenters. The summed E-state index contributed by atoms with van der Waals surface area (Å²) in [4.78, 5) is 4.05. The van der Waals surface area contributed by atoms with Gasteiger partial charge >= 0.3 is 6.18 Å². The predicted molar refractivity (Wildman–Crippen MR) is 68.5 cm³/mol. The molecular formula is C13H16F3N3O. The van der Waals surface area contributed by atoms with E-state index < -0.39 is 11.7 Å². The summed E-state index contributed by atoms with van der Waals surface area (Å²) in [6, 6.07) is 2.97. The highest BCUT2D eigenvalue weighted by molar-refractivity contribution is 5.55. The molecule has 0 radical (unpaired) electrons. The van der Waals surface area contributed by atoms with Crippen LogP contribution in [-0.2, 0) is 0 Å². The van der Waals surface area contributed by atoms with E-state index in [-0.39, 0.29) is 24.5 Å². The minimum atomic E-state index is -4.27. The second-order valence-electron chi connectivity index (χ2n) is 5.55. The molecule has 20 heavy (non-hydrogen) atoms. The van der Waals surface area contributed by atoms with Gasteiger partial charge in [0.05, 0.1) is 12.3 Å². The van der Waals surface area contributed by atoms with Crippen molar-refractivity contribution >= 4 is 11.5 Å². The number of halogens is 3. The van der Waals surface area contributed by atoms with Gasteiger partial charge in [-0.25, -0.2) is 0 Å². The minimum absolute atomic E-state index is 0.0703. The molecule has 2 aliphatic rings. The van der Waals surface area contributed by atoms with Crippen LogP contribution in [0.15, 0.2) is 12.1 Å². The van der Waals surface area contributed by atoms with Crippen molar-refractivity contribution in [2.24, 2.45) is 5.92 Å². The summed E-state index contributed by atoms with van der Waals surface area (Å²) in [7, 11) is 0. The Labute approximate surface area is 114 Å². The van der Waals surface area contributed by atoms with Gasteiger partial charge in [0.1, 0.15) is 11.4 Å². The summed E-state index contributed by atoms with van der Waals surface area (Å²) in [6.07, 6.45) is -1.89. The fraction of sp³-hybridized carbons (Fsp3) is 0.615. The monoisotopic (exact) mass is 287 g/mol. The zero-order valence-corrected chi connectivity index (χ0v) is 10.8. The predicted octanol–water partition coefficient (Wildman–Crippen LogP) is 2.96. The van der Waals surface area contributed by atoms with Gasteiger partial charge in [-0.05, 0) is 43.7 Å². The number of hydrogen-bond acceptors (Lipinski definition) is 4. The average molecular weight is 287 g/mol. The van der Waals surface area contributed by atoms with Crippen LogP contribution in [0, 0.1) is 5.92 Å². The second kappa shape index (κ2) is 4.43. The molecule has 1 aromatic heterocycles. The molecule has 3 N–H and O–H groups in total. The van der Waals surface area contributed by atoms with E-state index in [4.69, 9.17) is 10.5 Å². The minimum Gasteiger partial charge on any atom is -0.476 e. The molecule has 0 amide bonds. The highest BCUT2D eigenvalue weighted by Crippen LogP contribution is 2.51. The fourth-order valence-electron chi connectivity index (χ4n) is 1.97. The Bertz CT molecular complexity index is 510. The van der Waals surface area contributed by atoms with Gasteiger partial charge in [-0.3, -0.25) is 0 Å². The van der Waals surface area contributed by atoms with Crippen molar-refractivity contribution < 1.29 is 17.9 Å². The third kappa shape index (κ3) is 2.62. The lowest BCUT2D eigenvalue weighted by molar-refractivity contribution is -0.151. The lowest BCUT2D eigenvalue weighted by Crippen LogP contribution is -2.38. The SMILES string of the molecule is Nc1ccc(NC2(C(F)(F)F)CC2)nc1OCC1CC1.